The predicted molar refractivity (Wildman–Crippen MR) is 78.1 cm³/mol. The Kier molecular flexibility index (Phi) is 5.33. The summed E-state index contributed by atoms with van der Waals surface area (Å²) in [5.41, 5.74) is 1.46. The Balaban J connectivity index is 2.04. The number of likely N-dealkylation sites (tertiary alicyclic amines) is 1. The molecule has 1 aromatic carbocycles. The van der Waals surface area contributed by atoms with Crippen LogP contribution in [0, 0.1) is 0 Å². The van der Waals surface area contributed by atoms with Crippen molar-refractivity contribution >= 4 is 11.9 Å². The van der Waals surface area contributed by atoms with Gasteiger partial charge >= 0.3 is 11.9 Å². The smallest absolute Gasteiger partial charge is 0.338 e. The molecule has 0 radical (unpaired) electrons. The van der Waals surface area contributed by atoms with Crippen molar-refractivity contribution in [3.05, 3.63) is 35.4 Å². The number of esters is 1. The number of carbonyl (C=O) groups is 2. The molecule has 1 N–H and O–H groups in total. The average Bonchev–Trinajstić information content (AvgIpc) is 2.93. The van der Waals surface area contributed by atoms with Crippen LogP contribution in [-0.4, -0.2) is 41.1 Å². The summed E-state index contributed by atoms with van der Waals surface area (Å²) >= 11 is 0. The third-order valence-corrected chi connectivity index (χ3v) is 3.63. The van der Waals surface area contributed by atoms with Crippen LogP contribution in [0.25, 0.3) is 0 Å². The molecule has 1 aliphatic heterocycles. The summed E-state index contributed by atoms with van der Waals surface area (Å²) in [5.74, 6) is -1.10. The van der Waals surface area contributed by atoms with E-state index in [2.05, 4.69) is 0 Å². The molecule has 0 amide bonds. The Morgan fingerprint density at radius 2 is 2.24 bits per heavy atom. The number of benzene rings is 1. The van der Waals surface area contributed by atoms with Gasteiger partial charge in [0, 0.05) is 6.54 Å². The summed E-state index contributed by atoms with van der Waals surface area (Å²) < 4.78 is 5.11. The second-order valence-corrected chi connectivity index (χ2v) is 5.30. The Morgan fingerprint density at radius 1 is 1.43 bits per heavy atom. The topological polar surface area (TPSA) is 66.8 Å². The highest BCUT2D eigenvalue weighted by molar-refractivity contribution is 5.89. The lowest BCUT2D eigenvalue weighted by molar-refractivity contribution is -0.142. The zero-order valence-electron chi connectivity index (χ0n) is 12.2. The quantitative estimate of drug-likeness (QED) is 0.815. The van der Waals surface area contributed by atoms with Gasteiger partial charge in [-0.1, -0.05) is 19.1 Å². The number of hydrogen-bond donors (Lipinski definition) is 1. The van der Waals surface area contributed by atoms with Gasteiger partial charge in [-0.25, -0.2) is 4.79 Å². The zero-order valence-corrected chi connectivity index (χ0v) is 12.2. The molecule has 114 valence electrons. The van der Waals surface area contributed by atoms with Gasteiger partial charge in [0.05, 0.1) is 12.2 Å². The van der Waals surface area contributed by atoms with Crippen LogP contribution in [-0.2, 0) is 16.1 Å². The number of hydrogen-bond acceptors (Lipinski definition) is 4. The van der Waals surface area contributed by atoms with Crippen molar-refractivity contribution in [1.82, 2.24) is 4.90 Å². The number of ether oxygens (including phenoxy) is 1. The molecule has 1 unspecified atom stereocenters. The van der Waals surface area contributed by atoms with E-state index in [1.165, 1.54) is 0 Å². The van der Waals surface area contributed by atoms with Gasteiger partial charge in [-0.3, -0.25) is 9.69 Å². The molecule has 0 saturated carbocycles. The highest BCUT2D eigenvalue weighted by Crippen LogP contribution is 2.20. The molecule has 0 aromatic heterocycles. The van der Waals surface area contributed by atoms with E-state index in [9.17, 15) is 14.7 Å². The lowest BCUT2D eigenvalue weighted by Gasteiger charge is -2.21. The minimum absolute atomic E-state index is 0.324. The fraction of sp³-hybridized carbons (Fsp3) is 0.500. The standard InChI is InChI=1S/C16H21NO4/c1-2-9-21-16(20)13-6-3-5-12(10-13)11-17-8-4-7-14(17)15(18)19/h3,5-6,10,14H,2,4,7-9,11H2,1H3,(H,18,19). The van der Waals surface area contributed by atoms with Gasteiger partial charge in [0.25, 0.3) is 0 Å². The van der Waals surface area contributed by atoms with Gasteiger partial charge in [-0.2, -0.15) is 0 Å². The van der Waals surface area contributed by atoms with Crippen LogP contribution in [0.4, 0.5) is 0 Å². The van der Waals surface area contributed by atoms with E-state index < -0.39 is 12.0 Å². The van der Waals surface area contributed by atoms with Crippen molar-refractivity contribution in [1.29, 1.82) is 0 Å². The van der Waals surface area contributed by atoms with E-state index in [4.69, 9.17) is 4.74 Å². The highest BCUT2D eigenvalue weighted by atomic mass is 16.5. The minimum Gasteiger partial charge on any atom is -0.480 e. The van der Waals surface area contributed by atoms with Gasteiger partial charge in [0.2, 0.25) is 0 Å². The second kappa shape index (κ2) is 7.22. The molecule has 1 fully saturated rings. The van der Waals surface area contributed by atoms with Crippen molar-refractivity contribution in [3.8, 4) is 0 Å². The van der Waals surface area contributed by atoms with Crippen LogP contribution >= 0.6 is 0 Å². The third kappa shape index (κ3) is 4.04. The van der Waals surface area contributed by atoms with E-state index in [0.29, 0.717) is 25.1 Å². The molecule has 1 heterocycles. The Morgan fingerprint density at radius 3 is 2.95 bits per heavy atom. The molecule has 1 atom stereocenters. The van der Waals surface area contributed by atoms with Gasteiger partial charge in [-0.15, -0.1) is 0 Å². The molecule has 1 saturated heterocycles. The largest absolute Gasteiger partial charge is 0.480 e. The predicted octanol–water partition coefficient (Wildman–Crippen LogP) is 2.30. The van der Waals surface area contributed by atoms with E-state index in [0.717, 1.165) is 24.9 Å². The number of carbonyl (C=O) groups excluding carboxylic acids is 1. The molecule has 0 aliphatic carbocycles. The zero-order chi connectivity index (χ0) is 15.2. The summed E-state index contributed by atoms with van der Waals surface area (Å²) in [5, 5.41) is 9.19. The summed E-state index contributed by atoms with van der Waals surface area (Å²) in [6, 6.07) is 6.81. The van der Waals surface area contributed by atoms with Gasteiger partial charge in [0.15, 0.2) is 0 Å². The lowest BCUT2D eigenvalue weighted by atomic mass is 10.1. The number of nitrogens with zero attached hydrogens (tertiary/aromatic N) is 1. The van der Waals surface area contributed by atoms with E-state index in [-0.39, 0.29) is 5.97 Å². The van der Waals surface area contributed by atoms with E-state index in [1.807, 2.05) is 24.0 Å². The van der Waals surface area contributed by atoms with Gasteiger partial charge in [0.1, 0.15) is 6.04 Å². The van der Waals surface area contributed by atoms with Crippen molar-refractivity contribution in [2.75, 3.05) is 13.2 Å². The molecule has 5 nitrogen and oxygen atoms in total. The van der Waals surface area contributed by atoms with E-state index in [1.54, 1.807) is 12.1 Å². The Hall–Kier alpha value is -1.88. The van der Waals surface area contributed by atoms with Crippen LogP contribution in [0.5, 0.6) is 0 Å². The Labute approximate surface area is 124 Å². The molecule has 1 aromatic rings. The fourth-order valence-electron chi connectivity index (χ4n) is 2.60. The van der Waals surface area contributed by atoms with Crippen LogP contribution in [0.2, 0.25) is 0 Å². The molecule has 0 spiro atoms. The van der Waals surface area contributed by atoms with Gasteiger partial charge < -0.3 is 9.84 Å². The van der Waals surface area contributed by atoms with Gasteiger partial charge in [-0.05, 0) is 43.5 Å². The highest BCUT2D eigenvalue weighted by Gasteiger charge is 2.30. The Bertz CT molecular complexity index is 515. The fourth-order valence-corrected chi connectivity index (χ4v) is 2.60. The molecule has 0 bridgehead atoms. The monoisotopic (exact) mass is 291 g/mol. The first-order valence-electron chi connectivity index (χ1n) is 7.34. The molecule has 5 heteroatoms. The molecular formula is C16H21NO4. The molecule has 21 heavy (non-hydrogen) atoms. The van der Waals surface area contributed by atoms with Crippen LogP contribution in [0.3, 0.4) is 0 Å². The first-order valence-corrected chi connectivity index (χ1v) is 7.34. The first kappa shape index (κ1) is 15.5. The summed E-state index contributed by atoms with van der Waals surface area (Å²) in [6.45, 7) is 3.69. The molecule has 1 aliphatic rings. The van der Waals surface area contributed by atoms with Crippen molar-refractivity contribution in [2.24, 2.45) is 0 Å². The maximum Gasteiger partial charge on any atom is 0.338 e. The van der Waals surface area contributed by atoms with Crippen LogP contribution in [0.1, 0.15) is 42.1 Å². The number of rotatable bonds is 6. The van der Waals surface area contributed by atoms with Crippen molar-refractivity contribution in [2.45, 2.75) is 38.8 Å². The second-order valence-electron chi connectivity index (χ2n) is 5.30. The number of carboxylic acids is 1. The van der Waals surface area contributed by atoms with Crippen molar-refractivity contribution < 1.29 is 19.4 Å². The molecule has 2 rings (SSSR count). The summed E-state index contributed by atoms with van der Waals surface area (Å²) in [7, 11) is 0. The average molecular weight is 291 g/mol. The first-order chi connectivity index (χ1) is 10.1. The SMILES string of the molecule is CCCOC(=O)c1cccc(CN2CCCC2C(=O)O)c1. The lowest BCUT2D eigenvalue weighted by Crippen LogP contribution is -2.35. The van der Waals surface area contributed by atoms with Crippen molar-refractivity contribution in [3.63, 3.8) is 0 Å². The maximum absolute atomic E-state index is 11.8. The third-order valence-electron chi connectivity index (χ3n) is 3.63. The minimum atomic E-state index is -0.772. The normalized spacial score (nSPS) is 18.6. The van der Waals surface area contributed by atoms with Crippen LogP contribution < -0.4 is 0 Å². The number of aliphatic carboxylic acids is 1. The number of carboxylic acid groups (broad SMARTS) is 1. The maximum atomic E-state index is 11.8. The summed E-state index contributed by atoms with van der Waals surface area (Å²) in [4.78, 5) is 25.0. The summed E-state index contributed by atoms with van der Waals surface area (Å²) in [6.07, 6.45) is 2.38. The van der Waals surface area contributed by atoms with E-state index >= 15 is 0 Å². The van der Waals surface area contributed by atoms with Crippen LogP contribution in [0.15, 0.2) is 24.3 Å². The molecular weight excluding hydrogens is 270 g/mol.